The summed E-state index contributed by atoms with van der Waals surface area (Å²) in [4.78, 5) is 0. The third-order valence-corrected chi connectivity index (χ3v) is 4.42. The van der Waals surface area contributed by atoms with Crippen LogP contribution in [0.1, 0.15) is 26.0 Å². The van der Waals surface area contributed by atoms with Gasteiger partial charge in [0.2, 0.25) is 5.09 Å². The Morgan fingerprint density at radius 3 is 2.59 bits per heavy atom. The Labute approximate surface area is 102 Å². The molecule has 1 unspecified atom stereocenters. The minimum Gasteiger partial charge on any atom is -0.446 e. The van der Waals surface area contributed by atoms with Crippen LogP contribution in [0.3, 0.4) is 0 Å². The summed E-state index contributed by atoms with van der Waals surface area (Å²) in [7, 11) is -2.05. The number of aliphatic hydroxyl groups excluding tert-OH is 1. The van der Waals surface area contributed by atoms with Gasteiger partial charge in [0.1, 0.15) is 12.4 Å². The van der Waals surface area contributed by atoms with Gasteiger partial charge in [0.05, 0.1) is 0 Å². The fraction of sp³-hybridized carbons (Fsp3) is 0.636. The molecule has 0 saturated carbocycles. The summed E-state index contributed by atoms with van der Waals surface area (Å²) in [6.07, 6.45) is 0.917. The maximum atomic E-state index is 12.1. The molecule has 1 N–H and O–H groups in total. The lowest BCUT2D eigenvalue weighted by atomic mass is 10.1. The summed E-state index contributed by atoms with van der Waals surface area (Å²) in [5, 5.41) is 8.72. The van der Waals surface area contributed by atoms with E-state index in [-0.39, 0.29) is 17.5 Å². The van der Waals surface area contributed by atoms with E-state index in [1.807, 2.05) is 13.8 Å². The lowest BCUT2D eigenvalue weighted by Crippen LogP contribution is -2.30. The molecule has 17 heavy (non-hydrogen) atoms. The number of nitrogens with zero attached hydrogens (tertiary/aromatic N) is 1. The Balaban J connectivity index is 2.87. The van der Waals surface area contributed by atoms with E-state index >= 15 is 0 Å². The van der Waals surface area contributed by atoms with Crippen molar-refractivity contribution in [1.82, 2.24) is 4.31 Å². The zero-order valence-corrected chi connectivity index (χ0v) is 11.2. The zero-order valence-electron chi connectivity index (χ0n) is 10.4. The fourth-order valence-corrected chi connectivity index (χ4v) is 2.61. The van der Waals surface area contributed by atoms with Gasteiger partial charge in [-0.25, -0.2) is 8.42 Å². The summed E-state index contributed by atoms with van der Waals surface area (Å²) in [5.74, 6) is 0.544. The second-order valence-corrected chi connectivity index (χ2v) is 6.15. The quantitative estimate of drug-likeness (QED) is 0.841. The molecule has 6 heteroatoms. The first-order valence-electron chi connectivity index (χ1n) is 5.57. The smallest absolute Gasteiger partial charge is 0.276 e. The van der Waals surface area contributed by atoms with Crippen LogP contribution in [0.25, 0.3) is 0 Å². The van der Waals surface area contributed by atoms with Crippen LogP contribution in [0, 0.1) is 5.92 Å². The average molecular weight is 261 g/mol. The summed E-state index contributed by atoms with van der Waals surface area (Å²) in [5.41, 5.74) is 0. The van der Waals surface area contributed by atoms with Gasteiger partial charge >= 0.3 is 0 Å². The van der Waals surface area contributed by atoms with Gasteiger partial charge in [0.15, 0.2) is 0 Å². The average Bonchev–Trinajstić information content (AvgIpc) is 2.77. The zero-order chi connectivity index (χ0) is 13.1. The third-order valence-electron chi connectivity index (χ3n) is 2.72. The van der Waals surface area contributed by atoms with Crippen LogP contribution < -0.4 is 0 Å². The van der Waals surface area contributed by atoms with Crippen LogP contribution >= 0.6 is 0 Å². The first kappa shape index (κ1) is 14.2. The van der Waals surface area contributed by atoms with Crippen molar-refractivity contribution >= 4 is 10.0 Å². The molecule has 1 rings (SSSR count). The SMILES string of the molecule is CCC(C)CN(C)S(=O)(=O)c1ccc(CO)o1. The van der Waals surface area contributed by atoms with Gasteiger partial charge in [-0.3, -0.25) is 0 Å². The molecule has 0 aliphatic rings. The lowest BCUT2D eigenvalue weighted by Gasteiger charge is -2.18. The number of aliphatic hydroxyl groups is 1. The fourth-order valence-electron chi connectivity index (χ4n) is 1.40. The number of hydrogen-bond donors (Lipinski definition) is 1. The molecule has 0 amide bonds. The van der Waals surface area contributed by atoms with Crippen molar-refractivity contribution in [2.75, 3.05) is 13.6 Å². The van der Waals surface area contributed by atoms with Gasteiger partial charge in [-0.1, -0.05) is 20.3 Å². The normalized spacial score (nSPS) is 14.2. The Kier molecular flexibility index (Phi) is 4.73. The Bertz CT molecular complexity index is 452. The van der Waals surface area contributed by atoms with Crippen molar-refractivity contribution in [1.29, 1.82) is 0 Å². The number of furan rings is 1. The molecule has 98 valence electrons. The van der Waals surface area contributed by atoms with Gasteiger partial charge in [-0.05, 0) is 18.1 Å². The van der Waals surface area contributed by atoms with Crippen LogP contribution in [0.5, 0.6) is 0 Å². The first-order chi connectivity index (χ1) is 7.91. The predicted molar refractivity (Wildman–Crippen MR) is 63.9 cm³/mol. The van der Waals surface area contributed by atoms with E-state index in [4.69, 9.17) is 9.52 Å². The van der Waals surface area contributed by atoms with Crippen LogP contribution in [0.4, 0.5) is 0 Å². The second-order valence-electron chi connectivity index (χ2n) is 4.18. The highest BCUT2D eigenvalue weighted by Gasteiger charge is 2.25. The summed E-state index contributed by atoms with van der Waals surface area (Å²) in [6, 6.07) is 2.83. The Morgan fingerprint density at radius 1 is 1.47 bits per heavy atom. The molecule has 0 fully saturated rings. The molecule has 0 radical (unpaired) electrons. The molecule has 5 nitrogen and oxygen atoms in total. The molecular weight excluding hydrogens is 242 g/mol. The van der Waals surface area contributed by atoms with Crippen LogP contribution in [0.15, 0.2) is 21.6 Å². The van der Waals surface area contributed by atoms with E-state index in [0.29, 0.717) is 12.5 Å². The van der Waals surface area contributed by atoms with Crippen molar-refractivity contribution in [3.8, 4) is 0 Å². The molecule has 1 atom stereocenters. The van der Waals surface area contributed by atoms with E-state index in [1.165, 1.54) is 23.5 Å². The topological polar surface area (TPSA) is 70.8 Å². The summed E-state index contributed by atoms with van der Waals surface area (Å²) < 4.78 is 30.5. The molecule has 1 aromatic rings. The summed E-state index contributed by atoms with van der Waals surface area (Å²) in [6.45, 7) is 4.16. The predicted octanol–water partition coefficient (Wildman–Crippen LogP) is 1.44. The van der Waals surface area contributed by atoms with Gasteiger partial charge in [-0.15, -0.1) is 0 Å². The lowest BCUT2D eigenvalue weighted by molar-refractivity contribution is 0.235. The molecule has 0 aliphatic heterocycles. The van der Waals surface area contributed by atoms with Crippen molar-refractivity contribution in [3.05, 3.63) is 17.9 Å². The molecular formula is C11H19NO4S. The highest BCUT2D eigenvalue weighted by molar-refractivity contribution is 7.89. The van der Waals surface area contributed by atoms with Crippen LogP contribution in [-0.2, 0) is 16.6 Å². The maximum Gasteiger partial charge on any atom is 0.276 e. The Morgan fingerprint density at radius 2 is 2.12 bits per heavy atom. The van der Waals surface area contributed by atoms with E-state index in [2.05, 4.69) is 0 Å². The molecule has 1 heterocycles. The van der Waals surface area contributed by atoms with Crippen molar-refractivity contribution in [2.24, 2.45) is 5.92 Å². The van der Waals surface area contributed by atoms with E-state index in [9.17, 15) is 8.42 Å². The molecule has 0 bridgehead atoms. The van der Waals surface area contributed by atoms with Crippen LogP contribution in [0.2, 0.25) is 0 Å². The standard InChI is InChI=1S/C11H19NO4S/c1-4-9(2)7-12(3)17(14,15)11-6-5-10(8-13)16-11/h5-6,9,13H,4,7-8H2,1-3H3. The second kappa shape index (κ2) is 5.66. The minimum absolute atomic E-state index is 0.118. The van der Waals surface area contributed by atoms with E-state index < -0.39 is 10.0 Å². The van der Waals surface area contributed by atoms with Crippen LogP contribution in [-0.4, -0.2) is 31.4 Å². The third kappa shape index (κ3) is 3.31. The largest absolute Gasteiger partial charge is 0.446 e. The highest BCUT2D eigenvalue weighted by Crippen LogP contribution is 2.19. The van der Waals surface area contributed by atoms with Crippen molar-refractivity contribution in [2.45, 2.75) is 32.0 Å². The molecule has 0 aliphatic carbocycles. The maximum absolute atomic E-state index is 12.1. The minimum atomic E-state index is -3.58. The molecule has 1 aromatic heterocycles. The molecule has 0 spiro atoms. The van der Waals surface area contributed by atoms with E-state index in [1.54, 1.807) is 0 Å². The molecule has 0 saturated heterocycles. The monoisotopic (exact) mass is 261 g/mol. The first-order valence-corrected chi connectivity index (χ1v) is 7.01. The van der Waals surface area contributed by atoms with E-state index in [0.717, 1.165) is 6.42 Å². The number of sulfonamides is 1. The van der Waals surface area contributed by atoms with Gasteiger partial charge in [0.25, 0.3) is 10.0 Å². The number of rotatable bonds is 6. The van der Waals surface area contributed by atoms with Gasteiger partial charge in [0, 0.05) is 13.6 Å². The van der Waals surface area contributed by atoms with Gasteiger partial charge < -0.3 is 9.52 Å². The number of hydrogen-bond acceptors (Lipinski definition) is 4. The molecule has 0 aromatic carbocycles. The van der Waals surface area contributed by atoms with Crippen molar-refractivity contribution < 1.29 is 17.9 Å². The van der Waals surface area contributed by atoms with Gasteiger partial charge in [-0.2, -0.15) is 4.31 Å². The van der Waals surface area contributed by atoms with Crippen molar-refractivity contribution in [3.63, 3.8) is 0 Å². The Hall–Kier alpha value is -0.850. The summed E-state index contributed by atoms with van der Waals surface area (Å²) >= 11 is 0. The highest BCUT2D eigenvalue weighted by atomic mass is 32.2.